The van der Waals surface area contributed by atoms with Crippen molar-refractivity contribution in [3.63, 3.8) is 0 Å². The number of halogens is 1. The lowest BCUT2D eigenvalue weighted by Crippen LogP contribution is -1.96. The first kappa shape index (κ1) is 12.8. The van der Waals surface area contributed by atoms with Gasteiger partial charge >= 0.3 is 0 Å². The summed E-state index contributed by atoms with van der Waals surface area (Å²) < 4.78 is 7.76. The van der Waals surface area contributed by atoms with Crippen molar-refractivity contribution in [1.82, 2.24) is 14.9 Å². The molecule has 0 atom stereocenters. The summed E-state index contributed by atoms with van der Waals surface area (Å²) in [7, 11) is 1.64. The van der Waals surface area contributed by atoms with Gasteiger partial charge in [0.2, 0.25) is 0 Å². The lowest BCUT2D eigenvalue weighted by molar-refractivity contribution is 0.412. The minimum Gasteiger partial charge on any atom is -0.496 e. The minimum atomic E-state index is 0.760. The molecule has 0 spiro atoms. The van der Waals surface area contributed by atoms with E-state index in [0.717, 1.165) is 27.4 Å². The highest BCUT2D eigenvalue weighted by Gasteiger charge is 2.02. The van der Waals surface area contributed by atoms with Gasteiger partial charge in [0.05, 0.1) is 17.8 Å². The Labute approximate surface area is 114 Å². The van der Waals surface area contributed by atoms with Crippen molar-refractivity contribution in [2.75, 3.05) is 7.11 Å². The van der Waals surface area contributed by atoms with E-state index in [0.29, 0.717) is 0 Å². The fraction of sp³-hybridized carbons (Fsp3) is 0.250. The van der Waals surface area contributed by atoms with E-state index in [1.165, 1.54) is 0 Å². The lowest BCUT2D eigenvalue weighted by atomic mass is 10.2. The highest BCUT2D eigenvalue weighted by atomic mass is 79.9. The van der Waals surface area contributed by atoms with Gasteiger partial charge in [-0.1, -0.05) is 0 Å². The molecule has 0 aliphatic rings. The van der Waals surface area contributed by atoms with E-state index in [1.807, 2.05) is 32.0 Å². The van der Waals surface area contributed by atoms with Gasteiger partial charge in [-0.05, 0) is 53.5 Å². The number of methoxy groups -OCH3 is 1. The van der Waals surface area contributed by atoms with E-state index in [1.54, 1.807) is 18.0 Å². The Bertz CT molecular complexity index is 572. The van der Waals surface area contributed by atoms with Gasteiger partial charge in [-0.2, -0.15) is 5.10 Å². The molecule has 1 aromatic carbocycles. The second-order valence-electron chi connectivity index (χ2n) is 3.74. The van der Waals surface area contributed by atoms with Crippen LogP contribution in [0.15, 0.2) is 27.8 Å². The van der Waals surface area contributed by atoms with Crippen molar-refractivity contribution in [1.29, 1.82) is 0 Å². The quantitative estimate of drug-likeness (QED) is 0.819. The van der Waals surface area contributed by atoms with Crippen LogP contribution < -0.4 is 4.74 Å². The highest BCUT2D eigenvalue weighted by Crippen LogP contribution is 2.24. The lowest BCUT2D eigenvalue weighted by Gasteiger charge is -2.03. The molecule has 94 valence electrons. The van der Waals surface area contributed by atoms with Gasteiger partial charge in [0.1, 0.15) is 5.75 Å². The maximum absolute atomic E-state index is 5.17. The molecule has 5 nitrogen and oxygen atoms in total. The molecule has 1 heterocycles. The summed E-state index contributed by atoms with van der Waals surface area (Å²) >= 11 is 3.44. The van der Waals surface area contributed by atoms with E-state index >= 15 is 0 Å². The van der Waals surface area contributed by atoms with Gasteiger partial charge in [-0.3, -0.25) is 0 Å². The second kappa shape index (κ2) is 5.30. The summed E-state index contributed by atoms with van der Waals surface area (Å²) in [5.41, 5.74) is 0.968. The predicted octanol–water partition coefficient (Wildman–Crippen LogP) is 2.55. The molecular weight excluding hydrogens is 296 g/mol. The van der Waals surface area contributed by atoms with Gasteiger partial charge < -0.3 is 4.74 Å². The Morgan fingerprint density at radius 2 is 1.94 bits per heavy atom. The number of rotatable bonds is 3. The molecule has 1 aromatic heterocycles. The van der Waals surface area contributed by atoms with Crippen LogP contribution in [0.5, 0.6) is 5.75 Å². The van der Waals surface area contributed by atoms with Gasteiger partial charge in [0.15, 0.2) is 11.6 Å². The fourth-order valence-electron chi connectivity index (χ4n) is 1.52. The van der Waals surface area contributed by atoms with Crippen LogP contribution in [0.2, 0.25) is 0 Å². The number of hydrogen-bond acceptors (Lipinski definition) is 4. The molecule has 2 aromatic rings. The van der Waals surface area contributed by atoms with Crippen molar-refractivity contribution in [3.8, 4) is 5.75 Å². The normalized spacial score (nSPS) is 11.1. The van der Waals surface area contributed by atoms with Crippen LogP contribution >= 0.6 is 15.9 Å². The Balaban J connectivity index is 2.27. The molecule has 2 rings (SSSR count). The molecule has 0 amide bonds. The van der Waals surface area contributed by atoms with Gasteiger partial charge in [0, 0.05) is 0 Å². The van der Waals surface area contributed by atoms with E-state index < -0.39 is 0 Å². The number of nitrogens with zero attached hydrogens (tertiary/aromatic N) is 4. The standard InChI is InChI=1S/C12H13BrN4O/c1-8-15-16-9(2)17(8)14-7-10-4-5-12(18-3)11(13)6-10/h4-7H,1-3H3/b14-7+. The number of aromatic nitrogens is 3. The maximum atomic E-state index is 5.17. The molecule has 0 unspecified atom stereocenters. The number of benzene rings is 1. The average molecular weight is 309 g/mol. The molecule has 0 radical (unpaired) electrons. The van der Waals surface area contributed by atoms with Crippen LogP contribution in [0.1, 0.15) is 17.2 Å². The third kappa shape index (κ3) is 2.59. The van der Waals surface area contributed by atoms with Crippen molar-refractivity contribution in [3.05, 3.63) is 39.9 Å². The van der Waals surface area contributed by atoms with Crippen molar-refractivity contribution in [2.24, 2.45) is 5.10 Å². The van der Waals surface area contributed by atoms with E-state index in [2.05, 4.69) is 31.2 Å². The molecule has 0 aliphatic heterocycles. The summed E-state index contributed by atoms with van der Waals surface area (Å²) in [5.74, 6) is 2.32. The van der Waals surface area contributed by atoms with Crippen LogP contribution in [0.3, 0.4) is 0 Å². The first-order valence-corrected chi connectivity index (χ1v) is 6.17. The summed E-state index contributed by atoms with van der Waals surface area (Å²) in [5, 5.41) is 12.2. The van der Waals surface area contributed by atoms with Crippen LogP contribution in [-0.4, -0.2) is 28.2 Å². The summed E-state index contributed by atoms with van der Waals surface area (Å²) in [6, 6.07) is 5.76. The SMILES string of the molecule is COc1ccc(/C=N/n2c(C)nnc2C)cc1Br. The van der Waals surface area contributed by atoms with E-state index in [-0.39, 0.29) is 0 Å². The third-order valence-electron chi connectivity index (χ3n) is 2.45. The van der Waals surface area contributed by atoms with Gasteiger partial charge in [-0.15, -0.1) is 10.2 Å². The molecular formula is C12H13BrN4O. The fourth-order valence-corrected chi connectivity index (χ4v) is 2.08. The topological polar surface area (TPSA) is 52.3 Å². The molecule has 0 saturated carbocycles. The molecule has 18 heavy (non-hydrogen) atoms. The molecule has 6 heteroatoms. The molecule has 0 aliphatic carbocycles. The smallest absolute Gasteiger partial charge is 0.151 e. The van der Waals surface area contributed by atoms with E-state index in [9.17, 15) is 0 Å². The Morgan fingerprint density at radius 3 is 2.50 bits per heavy atom. The largest absolute Gasteiger partial charge is 0.496 e. The minimum absolute atomic E-state index is 0.760. The maximum Gasteiger partial charge on any atom is 0.151 e. The third-order valence-corrected chi connectivity index (χ3v) is 3.07. The number of ether oxygens (including phenoxy) is 1. The van der Waals surface area contributed by atoms with E-state index in [4.69, 9.17) is 4.74 Å². The summed E-state index contributed by atoms with van der Waals surface area (Å²) in [6.07, 6.45) is 1.76. The predicted molar refractivity (Wildman–Crippen MR) is 73.2 cm³/mol. The van der Waals surface area contributed by atoms with Gasteiger partial charge in [-0.25, -0.2) is 4.68 Å². The Morgan fingerprint density at radius 1 is 1.28 bits per heavy atom. The van der Waals surface area contributed by atoms with Crippen molar-refractivity contribution in [2.45, 2.75) is 13.8 Å². The summed E-state index contributed by atoms with van der Waals surface area (Å²) in [6.45, 7) is 3.72. The average Bonchev–Trinajstić information content (AvgIpc) is 2.67. The monoisotopic (exact) mass is 308 g/mol. The first-order chi connectivity index (χ1) is 8.61. The van der Waals surface area contributed by atoms with Crippen LogP contribution in [0.25, 0.3) is 0 Å². The molecule has 0 fully saturated rings. The zero-order chi connectivity index (χ0) is 13.1. The molecule has 0 bridgehead atoms. The molecule has 0 N–H and O–H groups in total. The van der Waals surface area contributed by atoms with Crippen LogP contribution in [-0.2, 0) is 0 Å². The highest BCUT2D eigenvalue weighted by molar-refractivity contribution is 9.10. The number of hydrogen-bond donors (Lipinski definition) is 0. The van der Waals surface area contributed by atoms with Crippen molar-refractivity contribution >= 4 is 22.1 Å². The second-order valence-corrected chi connectivity index (χ2v) is 4.60. The number of aryl methyl sites for hydroxylation is 2. The van der Waals surface area contributed by atoms with Crippen molar-refractivity contribution < 1.29 is 4.74 Å². The molecule has 0 saturated heterocycles. The van der Waals surface area contributed by atoms with Crippen LogP contribution in [0, 0.1) is 13.8 Å². The Kier molecular flexibility index (Phi) is 3.76. The van der Waals surface area contributed by atoms with Crippen LogP contribution in [0.4, 0.5) is 0 Å². The Hall–Kier alpha value is -1.69. The summed E-state index contributed by atoms with van der Waals surface area (Å²) in [4.78, 5) is 0. The zero-order valence-corrected chi connectivity index (χ0v) is 12.0. The first-order valence-electron chi connectivity index (χ1n) is 5.38. The van der Waals surface area contributed by atoms with Gasteiger partial charge in [0.25, 0.3) is 0 Å². The zero-order valence-electron chi connectivity index (χ0n) is 10.4.